The SMILES string of the molecule is Cc1c(-c2cccc[n+]2[O-])c(OC(C)C)nn1-c1ccccc1. The lowest BCUT2D eigenvalue weighted by molar-refractivity contribution is -0.593. The summed E-state index contributed by atoms with van der Waals surface area (Å²) in [4.78, 5) is 0. The van der Waals surface area contributed by atoms with Crippen LogP contribution in [-0.2, 0) is 0 Å². The third-order valence-corrected chi connectivity index (χ3v) is 3.51. The lowest BCUT2D eigenvalue weighted by Crippen LogP contribution is -2.28. The van der Waals surface area contributed by atoms with Crippen LogP contribution in [0.3, 0.4) is 0 Å². The summed E-state index contributed by atoms with van der Waals surface area (Å²) in [6, 6.07) is 15.1. The maximum Gasteiger partial charge on any atom is 0.248 e. The highest BCUT2D eigenvalue weighted by Gasteiger charge is 2.24. The minimum atomic E-state index is -0.0314. The maximum atomic E-state index is 12.2. The third-order valence-electron chi connectivity index (χ3n) is 3.51. The number of rotatable bonds is 4. The van der Waals surface area contributed by atoms with E-state index in [-0.39, 0.29) is 6.10 Å². The molecule has 0 fully saturated rings. The summed E-state index contributed by atoms with van der Waals surface area (Å²) in [5.41, 5.74) is 3.04. The monoisotopic (exact) mass is 309 g/mol. The Morgan fingerprint density at radius 1 is 1.09 bits per heavy atom. The second kappa shape index (κ2) is 6.12. The molecule has 0 aliphatic carbocycles. The molecule has 5 heteroatoms. The molecule has 1 aromatic carbocycles. The van der Waals surface area contributed by atoms with Gasteiger partial charge in [-0.3, -0.25) is 0 Å². The average molecular weight is 309 g/mol. The van der Waals surface area contributed by atoms with Crippen LogP contribution in [0.1, 0.15) is 19.5 Å². The lowest BCUT2D eigenvalue weighted by Gasteiger charge is -2.09. The fourth-order valence-electron chi connectivity index (χ4n) is 2.52. The van der Waals surface area contributed by atoms with E-state index in [4.69, 9.17) is 4.74 Å². The molecule has 0 N–H and O–H groups in total. The summed E-state index contributed by atoms with van der Waals surface area (Å²) in [6.07, 6.45) is 1.45. The zero-order chi connectivity index (χ0) is 16.4. The van der Waals surface area contributed by atoms with Gasteiger partial charge in [0.25, 0.3) is 0 Å². The van der Waals surface area contributed by atoms with Crippen LogP contribution in [-0.4, -0.2) is 15.9 Å². The van der Waals surface area contributed by atoms with Crippen molar-refractivity contribution in [3.05, 3.63) is 65.6 Å². The van der Waals surface area contributed by atoms with Gasteiger partial charge in [0.15, 0.2) is 6.20 Å². The van der Waals surface area contributed by atoms with E-state index in [9.17, 15) is 5.21 Å². The molecule has 0 bridgehead atoms. The smallest absolute Gasteiger partial charge is 0.248 e. The van der Waals surface area contributed by atoms with E-state index in [0.29, 0.717) is 11.6 Å². The molecule has 3 rings (SSSR count). The Bertz CT molecular complexity index is 810. The first-order valence-electron chi connectivity index (χ1n) is 7.58. The Balaban J connectivity index is 2.21. The summed E-state index contributed by atoms with van der Waals surface area (Å²) in [7, 11) is 0. The van der Waals surface area contributed by atoms with E-state index >= 15 is 0 Å². The fraction of sp³-hybridized carbons (Fsp3) is 0.222. The molecule has 0 aliphatic heterocycles. The van der Waals surface area contributed by atoms with Crippen molar-refractivity contribution < 1.29 is 9.47 Å². The van der Waals surface area contributed by atoms with Gasteiger partial charge in [-0.05, 0) is 39.0 Å². The van der Waals surface area contributed by atoms with Crippen LogP contribution in [0, 0.1) is 12.1 Å². The number of pyridine rings is 1. The minimum Gasteiger partial charge on any atom is -0.618 e. The first-order valence-corrected chi connectivity index (χ1v) is 7.58. The van der Waals surface area contributed by atoms with Crippen molar-refractivity contribution >= 4 is 0 Å². The lowest BCUT2D eigenvalue weighted by atomic mass is 10.1. The van der Waals surface area contributed by atoms with Gasteiger partial charge in [0.2, 0.25) is 11.6 Å². The zero-order valence-electron chi connectivity index (χ0n) is 13.4. The second-order valence-corrected chi connectivity index (χ2v) is 5.59. The van der Waals surface area contributed by atoms with E-state index < -0.39 is 0 Å². The van der Waals surface area contributed by atoms with Crippen molar-refractivity contribution in [2.45, 2.75) is 26.9 Å². The van der Waals surface area contributed by atoms with Gasteiger partial charge in [0.05, 0.1) is 17.5 Å². The fourth-order valence-corrected chi connectivity index (χ4v) is 2.52. The first kappa shape index (κ1) is 15.1. The Hall–Kier alpha value is -2.82. The number of ether oxygens (including phenoxy) is 1. The molecule has 0 atom stereocenters. The predicted molar refractivity (Wildman–Crippen MR) is 88.5 cm³/mol. The molecular weight excluding hydrogens is 290 g/mol. The molecule has 2 heterocycles. The topological polar surface area (TPSA) is 54.0 Å². The number of para-hydroxylation sites is 1. The van der Waals surface area contributed by atoms with E-state index in [1.807, 2.05) is 57.2 Å². The Labute approximate surface area is 135 Å². The molecule has 0 unspecified atom stereocenters. The summed E-state index contributed by atoms with van der Waals surface area (Å²) in [5.74, 6) is 0.470. The molecule has 23 heavy (non-hydrogen) atoms. The summed E-state index contributed by atoms with van der Waals surface area (Å²) in [5, 5.41) is 16.8. The van der Waals surface area contributed by atoms with Crippen molar-refractivity contribution in [1.29, 1.82) is 0 Å². The van der Waals surface area contributed by atoms with Gasteiger partial charge < -0.3 is 9.94 Å². The molecule has 0 saturated carbocycles. The van der Waals surface area contributed by atoms with E-state index in [2.05, 4.69) is 5.10 Å². The normalized spacial score (nSPS) is 11.0. The van der Waals surface area contributed by atoms with E-state index in [0.717, 1.165) is 21.7 Å². The summed E-state index contributed by atoms with van der Waals surface area (Å²) >= 11 is 0. The first-order chi connectivity index (χ1) is 11.1. The van der Waals surface area contributed by atoms with Crippen LogP contribution >= 0.6 is 0 Å². The van der Waals surface area contributed by atoms with Crippen molar-refractivity contribution in [2.24, 2.45) is 0 Å². The van der Waals surface area contributed by atoms with Crippen LogP contribution in [0.15, 0.2) is 54.7 Å². The molecular formula is C18H19N3O2. The van der Waals surface area contributed by atoms with Crippen LogP contribution in [0.2, 0.25) is 0 Å². The molecule has 0 radical (unpaired) electrons. The molecule has 3 aromatic rings. The molecule has 0 saturated heterocycles. The van der Waals surface area contributed by atoms with Gasteiger partial charge in [-0.1, -0.05) is 18.2 Å². The average Bonchev–Trinajstić information content (AvgIpc) is 2.84. The number of aromatic nitrogens is 3. The molecule has 2 aromatic heterocycles. The summed E-state index contributed by atoms with van der Waals surface area (Å²) < 4.78 is 8.50. The van der Waals surface area contributed by atoms with Gasteiger partial charge in [0, 0.05) is 12.1 Å². The largest absolute Gasteiger partial charge is 0.618 e. The summed E-state index contributed by atoms with van der Waals surface area (Å²) in [6.45, 7) is 5.82. The second-order valence-electron chi connectivity index (χ2n) is 5.59. The molecule has 0 aliphatic rings. The highest BCUT2D eigenvalue weighted by atomic mass is 16.5. The van der Waals surface area contributed by atoms with Crippen molar-refractivity contribution in [3.63, 3.8) is 0 Å². The highest BCUT2D eigenvalue weighted by molar-refractivity contribution is 5.67. The van der Waals surface area contributed by atoms with Crippen LogP contribution in [0.5, 0.6) is 5.88 Å². The number of benzene rings is 1. The van der Waals surface area contributed by atoms with Crippen LogP contribution in [0.4, 0.5) is 0 Å². The number of hydrogen-bond donors (Lipinski definition) is 0. The minimum absolute atomic E-state index is 0.0314. The van der Waals surface area contributed by atoms with Crippen LogP contribution in [0.25, 0.3) is 16.9 Å². The van der Waals surface area contributed by atoms with Gasteiger partial charge in [-0.15, -0.1) is 5.10 Å². The Morgan fingerprint density at radius 2 is 1.78 bits per heavy atom. The van der Waals surface area contributed by atoms with Gasteiger partial charge >= 0.3 is 0 Å². The van der Waals surface area contributed by atoms with E-state index in [1.165, 1.54) is 6.20 Å². The van der Waals surface area contributed by atoms with Crippen LogP contribution < -0.4 is 9.47 Å². The zero-order valence-corrected chi connectivity index (χ0v) is 13.4. The highest BCUT2D eigenvalue weighted by Crippen LogP contribution is 2.32. The molecule has 118 valence electrons. The quantitative estimate of drug-likeness (QED) is 0.549. The molecule has 5 nitrogen and oxygen atoms in total. The Kier molecular flexibility index (Phi) is 4.02. The standard InChI is InChI=1S/C18H19N3O2/c1-13(2)23-18-17(16-11-7-8-12-20(16)22)14(3)21(19-18)15-9-5-4-6-10-15/h4-13H,1-3H3. The van der Waals surface area contributed by atoms with E-state index in [1.54, 1.807) is 16.8 Å². The molecule has 0 amide bonds. The van der Waals surface area contributed by atoms with Crippen molar-refractivity contribution in [3.8, 4) is 22.8 Å². The predicted octanol–water partition coefficient (Wildman–Crippen LogP) is 3.27. The molecule has 0 spiro atoms. The van der Waals surface area contributed by atoms with Gasteiger partial charge in [-0.2, -0.15) is 4.73 Å². The Morgan fingerprint density at radius 3 is 2.43 bits per heavy atom. The third kappa shape index (κ3) is 2.90. The maximum absolute atomic E-state index is 12.2. The van der Waals surface area contributed by atoms with Gasteiger partial charge in [0.1, 0.15) is 5.56 Å². The van der Waals surface area contributed by atoms with Gasteiger partial charge in [-0.25, -0.2) is 4.68 Å². The number of nitrogens with zero attached hydrogens (tertiary/aromatic N) is 3. The van der Waals surface area contributed by atoms with Crippen molar-refractivity contribution in [1.82, 2.24) is 9.78 Å². The number of hydrogen-bond acceptors (Lipinski definition) is 3. The van der Waals surface area contributed by atoms with Crippen molar-refractivity contribution in [2.75, 3.05) is 0 Å².